The fraction of sp³-hybridized carbons (Fsp3) is 0. The van der Waals surface area contributed by atoms with Crippen LogP contribution >= 0.6 is 11.6 Å². The number of phenolic OH excluding ortho intramolecular Hbond substituents is 1. The molecule has 1 heterocycles. The number of phenols is 1. The van der Waals surface area contributed by atoms with Gasteiger partial charge >= 0.3 is 0 Å². The Labute approximate surface area is 422 Å². The summed E-state index contributed by atoms with van der Waals surface area (Å²) in [5.41, 5.74) is -0.977. The minimum Gasteiger partial charge on any atom is -0.505 e. The molecule has 58 heavy (non-hydrogen) atoms. The van der Waals surface area contributed by atoms with Crippen LogP contribution in [0, 0.1) is 0 Å². The first-order valence-corrected chi connectivity index (χ1v) is 20.5. The quantitative estimate of drug-likeness (QED) is 0.0621. The first-order valence-electron chi connectivity index (χ1n) is 14.3. The molecule has 0 saturated carbocycles. The normalized spacial score (nSPS) is 12.3. The number of nitrogens with one attached hydrogen (secondary N) is 2. The minimum absolute atomic E-state index is 0. The third kappa shape index (κ3) is 12.4. The Morgan fingerprint density at radius 1 is 0.621 bits per heavy atom. The number of fused-ring (bicyclic) bond motifs is 2. The van der Waals surface area contributed by atoms with Crippen LogP contribution in [0.25, 0.3) is 21.5 Å². The number of aromatic hydroxyl groups is 1. The van der Waals surface area contributed by atoms with E-state index >= 15 is 0 Å². The van der Waals surface area contributed by atoms with Crippen LogP contribution in [0.4, 0.5) is 28.7 Å². The topological polar surface area (TPSA) is 328 Å². The van der Waals surface area contributed by atoms with E-state index in [0.29, 0.717) is 30.0 Å². The predicted octanol–water partition coefficient (Wildman–Crippen LogP) is 3.33. The van der Waals surface area contributed by atoms with Crippen molar-refractivity contribution in [1.82, 2.24) is 15.0 Å². The molecule has 0 unspecified atom stereocenters. The zero-order chi connectivity index (χ0) is 39.4. The molecule has 6 aromatic rings. The van der Waals surface area contributed by atoms with Gasteiger partial charge in [0.05, 0.1) is 10.6 Å². The minimum atomic E-state index is -5.30. The molecule has 0 spiro atoms. The van der Waals surface area contributed by atoms with Crippen molar-refractivity contribution >= 4 is 221 Å². The number of para-hydroxylation sites is 1. The fourth-order valence-electron chi connectivity index (χ4n) is 5.03. The first-order chi connectivity index (χ1) is 25.1. The molecule has 6 rings (SSSR count). The predicted molar refractivity (Wildman–Crippen MR) is 212 cm³/mol. The van der Waals surface area contributed by atoms with Gasteiger partial charge in [0.1, 0.15) is 26.1 Å². The molecular weight excluding hydrogens is 910 g/mol. The number of H-pyrrole nitrogens is 1. The van der Waals surface area contributed by atoms with Crippen molar-refractivity contribution in [3.8, 4) is 5.75 Å². The molecule has 284 valence electrons. The second kappa shape index (κ2) is 20.2. The molecule has 1 aromatic heterocycles. The summed E-state index contributed by atoms with van der Waals surface area (Å²) < 4.78 is 137. The third-order valence-corrected chi connectivity index (χ3v) is 10.9. The monoisotopic (exact) mass is 929 g/mol. The van der Waals surface area contributed by atoms with Gasteiger partial charge in [-0.2, -0.15) is 43.6 Å². The van der Waals surface area contributed by atoms with Crippen LogP contribution in [-0.4, -0.2) is 190 Å². The maximum Gasteiger partial charge on any atom is 0.296 e. The first kappa shape index (κ1) is 52.7. The van der Waals surface area contributed by atoms with Gasteiger partial charge in [-0.25, -0.2) is 4.99 Å². The van der Waals surface area contributed by atoms with Crippen LogP contribution in [0.2, 0.25) is 5.28 Å². The molecule has 4 radical (unpaired) electrons. The Balaban J connectivity index is 0.00000290. The van der Waals surface area contributed by atoms with Gasteiger partial charge in [-0.05, 0) is 83.0 Å². The van der Waals surface area contributed by atoms with Crippen LogP contribution in [0.3, 0.4) is 0 Å². The number of anilines is 2. The van der Waals surface area contributed by atoms with Crippen LogP contribution in [0.1, 0.15) is 0 Å². The average molecular weight is 930 g/mol. The number of hydrogen-bond acceptors (Lipinski definition) is 15. The van der Waals surface area contributed by atoms with Crippen molar-refractivity contribution in [3.63, 3.8) is 0 Å². The Hall–Kier alpha value is -1.44. The van der Waals surface area contributed by atoms with Crippen molar-refractivity contribution in [2.45, 2.75) is 19.6 Å². The van der Waals surface area contributed by atoms with Crippen molar-refractivity contribution < 1.29 is 57.0 Å². The van der Waals surface area contributed by atoms with E-state index in [1.54, 1.807) is 30.3 Å². The summed E-state index contributed by atoms with van der Waals surface area (Å²) in [6.07, 6.45) is 0. The Bertz CT molecular complexity index is 3130. The van der Waals surface area contributed by atoms with Gasteiger partial charge < -0.3 is 10.4 Å². The van der Waals surface area contributed by atoms with E-state index in [2.05, 4.69) is 35.5 Å². The van der Waals surface area contributed by atoms with E-state index in [1.165, 1.54) is 18.2 Å². The van der Waals surface area contributed by atoms with Gasteiger partial charge in [0.2, 0.25) is 16.9 Å². The number of aromatic amines is 1. The van der Waals surface area contributed by atoms with Crippen LogP contribution in [-0.2, 0) is 40.5 Å². The number of hydrogen-bond donors (Lipinski definition) is 7. The van der Waals surface area contributed by atoms with E-state index in [4.69, 9.17) is 11.6 Å². The zero-order valence-electron chi connectivity index (χ0n) is 30.3. The van der Waals surface area contributed by atoms with Gasteiger partial charge in [0.15, 0.2) is 5.75 Å². The summed E-state index contributed by atoms with van der Waals surface area (Å²) >= 11 is 6.07. The summed E-state index contributed by atoms with van der Waals surface area (Å²) in [7, 11) is -20.9. The molecule has 0 fully saturated rings. The molecule has 5 aromatic carbocycles. The Kier molecular flexibility index (Phi) is 18.3. The van der Waals surface area contributed by atoms with E-state index in [0.717, 1.165) is 6.07 Å². The van der Waals surface area contributed by atoms with E-state index in [1.807, 2.05) is 0 Å². The van der Waals surface area contributed by atoms with Gasteiger partial charge in [-0.3, -0.25) is 23.2 Å². The number of halogens is 1. The van der Waals surface area contributed by atoms with Crippen molar-refractivity contribution in [1.29, 1.82) is 0 Å². The maximum atomic E-state index is 12.5. The molecule has 0 bridgehead atoms. The van der Waals surface area contributed by atoms with Crippen molar-refractivity contribution in [3.05, 3.63) is 89.8 Å². The smallest absolute Gasteiger partial charge is 0.296 e. The molecule has 0 atom stereocenters. The largest absolute Gasteiger partial charge is 0.505 e. The fourth-order valence-corrected chi connectivity index (χ4v) is 7.84. The summed E-state index contributed by atoms with van der Waals surface area (Å²) in [5.74, 6) is -0.855. The van der Waals surface area contributed by atoms with Crippen LogP contribution in [0.5, 0.6) is 5.75 Å². The van der Waals surface area contributed by atoms with Gasteiger partial charge in [0.25, 0.3) is 40.5 Å². The average Bonchev–Trinajstić information content (AvgIpc) is 3.05. The molecule has 0 aliphatic carbocycles. The summed E-state index contributed by atoms with van der Waals surface area (Å²) in [6.45, 7) is 0. The van der Waals surface area contributed by atoms with Gasteiger partial charge in [-0.15, -0.1) is 10.2 Å². The van der Waals surface area contributed by atoms with Crippen molar-refractivity contribution in [2.24, 2.45) is 15.2 Å². The molecule has 0 saturated heterocycles. The second-order valence-corrected chi connectivity index (χ2v) is 16.9. The van der Waals surface area contributed by atoms with Gasteiger partial charge in [-0.1, -0.05) is 18.2 Å². The molecular formula is C29H20ClN7Na4O13S4. The van der Waals surface area contributed by atoms with Crippen LogP contribution < -0.4 is 10.9 Å². The summed E-state index contributed by atoms with van der Waals surface area (Å²) in [6, 6.07) is 15.8. The molecule has 0 amide bonds. The Morgan fingerprint density at radius 3 is 1.79 bits per heavy atom. The molecule has 20 nitrogen and oxygen atoms in total. The summed E-state index contributed by atoms with van der Waals surface area (Å²) in [5, 5.41) is 19.9. The number of benzene rings is 5. The SMILES string of the molecule is O=S(=O)(O)c1cc(S(=O)(=O)O)c2cc(N=Nc3c(S(=O)(=O)O)cc4cc(Nc5nc(Cl)nc(=Nc6ccccc6)[nH]5)ccc4c3O)c(S(=O)(=O)O)cc2c1.[Na].[Na].[Na].[Na]. The number of aromatic nitrogens is 3. The van der Waals surface area contributed by atoms with E-state index in [9.17, 15) is 57.0 Å². The standard InChI is InChI=1S/C29H20ClN7O13S4.4Na/c30-27-33-28(31-16-4-2-1-3-5-16)35-29(34-27)32-17-6-7-19-14(8-17)11-24(54(48,49)50)25(26(19)38)37-36-21-13-20-15(10-23(21)53(45,46)47)9-18(51(39,40)41)12-22(20)52(42,43)44;;;;/h1-13,38H,(H,39,40,41)(H,42,43,44)(H,45,46,47)(H,48,49,50)(H2,31,32,33,34,35);;;;. The number of azo groups is 1. The number of nitrogens with zero attached hydrogens (tertiary/aromatic N) is 5. The third-order valence-electron chi connectivity index (χ3n) is 7.29. The molecule has 0 aliphatic heterocycles. The molecule has 0 aliphatic rings. The molecule has 29 heteroatoms. The van der Waals surface area contributed by atoms with Gasteiger partial charge in [0, 0.05) is 135 Å². The Morgan fingerprint density at radius 2 is 1.21 bits per heavy atom. The second-order valence-electron chi connectivity index (χ2n) is 10.9. The van der Waals surface area contributed by atoms with Crippen molar-refractivity contribution in [2.75, 3.05) is 5.32 Å². The number of rotatable bonds is 9. The maximum absolute atomic E-state index is 12.5. The van der Waals surface area contributed by atoms with E-state index < -0.39 is 88.0 Å². The zero-order valence-corrected chi connectivity index (χ0v) is 42.3. The summed E-state index contributed by atoms with van der Waals surface area (Å²) in [4.78, 5) is 10.8. The molecule has 7 N–H and O–H groups in total. The van der Waals surface area contributed by atoms with E-state index in [-0.39, 0.29) is 152 Å². The van der Waals surface area contributed by atoms with Crippen LogP contribution in [0.15, 0.2) is 114 Å².